The normalized spacial score (nSPS) is 10.9. The topological polar surface area (TPSA) is 80.9 Å². The molecule has 1 aromatic carbocycles. The van der Waals surface area contributed by atoms with Gasteiger partial charge in [-0.1, -0.05) is 6.07 Å². The molecule has 5 heteroatoms. The number of pyridine rings is 2. The molecule has 0 saturated carbocycles. The van der Waals surface area contributed by atoms with Crippen LogP contribution in [-0.2, 0) is 4.79 Å². The molecule has 21 heavy (non-hydrogen) atoms. The number of hydrogen-bond donors (Lipinski definition) is 2. The Kier molecular flexibility index (Phi) is 3.75. The lowest BCUT2D eigenvalue weighted by molar-refractivity contribution is -0.116. The number of hydrogen-bond acceptors (Lipinski definition) is 4. The lowest BCUT2D eigenvalue weighted by Crippen LogP contribution is -2.13. The highest BCUT2D eigenvalue weighted by molar-refractivity contribution is 6.11. The van der Waals surface area contributed by atoms with E-state index in [9.17, 15) is 4.79 Å². The lowest BCUT2D eigenvalue weighted by atomic mass is 10.1. The van der Waals surface area contributed by atoms with Gasteiger partial charge in [0.15, 0.2) is 0 Å². The molecular weight excluding hydrogens is 264 g/mol. The predicted molar refractivity (Wildman–Crippen MR) is 84.0 cm³/mol. The molecule has 5 nitrogen and oxygen atoms in total. The standard InChI is InChI=1S/C16H16N4O/c17-7-1-6-14(21)20-13-10-11-4-2-8-18-15(11)16-12(13)5-3-9-19-16/h2-5,8-10H,1,6-7,17H2,(H,20,21). The number of anilines is 1. The van der Waals surface area contributed by atoms with Crippen molar-refractivity contribution in [2.24, 2.45) is 5.73 Å². The predicted octanol–water partition coefficient (Wildman–Crippen LogP) is 2.46. The minimum absolute atomic E-state index is 0.0335. The molecular formula is C16H16N4O. The summed E-state index contributed by atoms with van der Waals surface area (Å²) < 4.78 is 0. The molecule has 106 valence electrons. The average molecular weight is 280 g/mol. The Balaban J connectivity index is 2.10. The number of amides is 1. The first-order chi connectivity index (χ1) is 10.3. The zero-order valence-corrected chi connectivity index (χ0v) is 11.5. The SMILES string of the molecule is NCCCC(=O)Nc1cc2cccnc2c2ncccc12. The molecule has 0 fully saturated rings. The second-order valence-electron chi connectivity index (χ2n) is 4.84. The van der Waals surface area contributed by atoms with Gasteiger partial charge < -0.3 is 11.1 Å². The van der Waals surface area contributed by atoms with Crippen molar-refractivity contribution in [3.63, 3.8) is 0 Å². The monoisotopic (exact) mass is 280 g/mol. The fourth-order valence-corrected chi connectivity index (χ4v) is 2.36. The van der Waals surface area contributed by atoms with E-state index in [1.165, 1.54) is 0 Å². The second kappa shape index (κ2) is 5.85. The number of benzene rings is 1. The van der Waals surface area contributed by atoms with Gasteiger partial charge in [0.05, 0.1) is 16.7 Å². The number of nitrogens with two attached hydrogens (primary N) is 1. The first-order valence-corrected chi connectivity index (χ1v) is 6.92. The van der Waals surface area contributed by atoms with Crippen LogP contribution < -0.4 is 11.1 Å². The summed E-state index contributed by atoms with van der Waals surface area (Å²) in [5.74, 6) is -0.0335. The Morgan fingerprint density at radius 3 is 2.71 bits per heavy atom. The van der Waals surface area contributed by atoms with Gasteiger partial charge >= 0.3 is 0 Å². The Morgan fingerprint density at radius 2 is 1.90 bits per heavy atom. The number of rotatable bonds is 4. The number of carbonyl (C=O) groups excluding carboxylic acids is 1. The average Bonchev–Trinajstić information content (AvgIpc) is 2.53. The van der Waals surface area contributed by atoms with Crippen LogP contribution >= 0.6 is 0 Å². The summed E-state index contributed by atoms with van der Waals surface area (Å²) in [4.78, 5) is 20.7. The molecule has 0 bridgehead atoms. The van der Waals surface area contributed by atoms with Crippen LogP contribution in [0.15, 0.2) is 42.7 Å². The van der Waals surface area contributed by atoms with Crippen molar-refractivity contribution in [2.75, 3.05) is 11.9 Å². The molecule has 0 aliphatic rings. The third-order valence-electron chi connectivity index (χ3n) is 3.34. The lowest BCUT2D eigenvalue weighted by Gasteiger charge is -2.10. The van der Waals surface area contributed by atoms with Crippen LogP contribution in [0.2, 0.25) is 0 Å². The Bertz CT molecular complexity index is 800. The molecule has 1 amide bonds. The van der Waals surface area contributed by atoms with E-state index in [1.807, 2.05) is 30.3 Å². The quantitative estimate of drug-likeness (QED) is 0.719. The molecule has 3 N–H and O–H groups in total. The van der Waals surface area contributed by atoms with E-state index in [-0.39, 0.29) is 5.91 Å². The van der Waals surface area contributed by atoms with Crippen molar-refractivity contribution in [1.29, 1.82) is 0 Å². The summed E-state index contributed by atoms with van der Waals surface area (Å²) in [6.45, 7) is 0.511. The molecule has 2 aromatic heterocycles. The minimum Gasteiger partial charge on any atom is -0.330 e. The summed E-state index contributed by atoms with van der Waals surface area (Å²) in [5, 5.41) is 4.80. The van der Waals surface area contributed by atoms with Gasteiger partial charge in [-0.25, -0.2) is 0 Å². The Morgan fingerprint density at radius 1 is 1.14 bits per heavy atom. The third kappa shape index (κ3) is 2.68. The largest absolute Gasteiger partial charge is 0.330 e. The zero-order valence-electron chi connectivity index (χ0n) is 11.5. The van der Waals surface area contributed by atoms with Crippen molar-refractivity contribution < 1.29 is 4.79 Å². The summed E-state index contributed by atoms with van der Waals surface area (Å²) in [6, 6.07) is 9.57. The highest BCUT2D eigenvalue weighted by Crippen LogP contribution is 2.29. The van der Waals surface area contributed by atoms with Crippen LogP contribution in [0.5, 0.6) is 0 Å². The summed E-state index contributed by atoms with van der Waals surface area (Å²) in [5.41, 5.74) is 7.84. The van der Waals surface area contributed by atoms with Crippen molar-refractivity contribution in [3.05, 3.63) is 42.7 Å². The second-order valence-corrected chi connectivity index (χ2v) is 4.84. The van der Waals surface area contributed by atoms with Gasteiger partial charge in [-0.3, -0.25) is 14.8 Å². The van der Waals surface area contributed by atoms with Crippen LogP contribution in [0.4, 0.5) is 5.69 Å². The van der Waals surface area contributed by atoms with Crippen LogP contribution in [0.3, 0.4) is 0 Å². The van der Waals surface area contributed by atoms with Crippen molar-refractivity contribution in [1.82, 2.24) is 9.97 Å². The number of fused-ring (bicyclic) bond motifs is 3. The van der Waals surface area contributed by atoms with Gasteiger partial charge in [-0.2, -0.15) is 0 Å². The highest BCUT2D eigenvalue weighted by atomic mass is 16.1. The molecule has 0 spiro atoms. The summed E-state index contributed by atoms with van der Waals surface area (Å²) >= 11 is 0. The van der Waals surface area contributed by atoms with Gasteiger partial charge in [0, 0.05) is 29.6 Å². The van der Waals surface area contributed by atoms with E-state index in [4.69, 9.17) is 5.73 Å². The van der Waals surface area contributed by atoms with Crippen LogP contribution in [0.25, 0.3) is 21.8 Å². The Hall–Kier alpha value is -2.53. The molecule has 0 unspecified atom stereocenters. The fraction of sp³-hybridized carbons (Fsp3) is 0.188. The minimum atomic E-state index is -0.0335. The van der Waals surface area contributed by atoms with Gasteiger partial charge in [-0.05, 0) is 37.2 Å². The van der Waals surface area contributed by atoms with Gasteiger partial charge in [0.2, 0.25) is 5.91 Å². The molecule has 0 atom stereocenters. The van der Waals surface area contributed by atoms with Crippen LogP contribution in [-0.4, -0.2) is 22.4 Å². The third-order valence-corrected chi connectivity index (χ3v) is 3.34. The molecule has 2 heterocycles. The van der Waals surface area contributed by atoms with Crippen molar-refractivity contribution >= 4 is 33.4 Å². The maximum absolute atomic E-state index is 11.9. The van der Waals surface area contributed by atoms with E-state index in [1.54, 1.807) is 12.4 Å². The first kappa shape index (κ1) is 13.5. The first-order valence-electron chi connectivity index (χ1n) is 6.92. The van der Waals surface area contributed by atoms with Gasteiger partial charge in [0.1, 0.15) is 0 Å². The summed E-state index contributed by atoms with van der Waals surface area (Å²) in [7, 11) is 0. The number of nitrogens with one attached hydrogen (secondary N) is 1. The van der Waals surface area contributed by atoms with Gasteiger partial charge in [-0.15, -0.1) is 0 Å². The fourth-order valence-electron chi connectivity index (χ4n) is 2.36. The number of carbonyl (C=O) groups is 1. The van der Waals surface area contributed by atoms with E-state index in [2.05, 4.69) is 15.3 Å². The molecule has 0 aliphatic carbocycles. The van der Waals surface area contributed by atoms with E-state index >= 15 is 0 Å². The highest BCUT2D eigenvalue weighted by Gasteiger charge is 2.10. The van der Waals surface area contributed by atoms with Crippen molar-refractivity contribution in [3.8, 4) is 0 Å². The van der Waals surface area contributed by atoms with Crippen molar-refractivity contribution in [2.45, 2.75) is 12.8 Å². The molecule has 0 radical (unpaired) electrons. The Labute approximate surface area is 122 Å². The van der Waals surface area contributed by atoms with Crippen LogP contribution in [0.1, 0.15) is 12.8 Å². The number of nitrogens with zero attached hydrogens (tertiary/aromatic N) is 2. The summed E-state index contributed by atoms with van der Waals surface area (Å²) in [6.07, 6.45) is 4.58. The van der Waals surface area contributed by atoms with Gasteiger partial charge in [0.25, 0.3) is 0 Å². The molecule has 0 saturated heterocycles. The molecule has 3 aromatic rings. The zero-order chi connectivity index (χ0) is 14.7. The molecule has 3 rings (SSSR count). The molecule has 0 aliphatic heterocycles. The van der Waals surface area contributed by atoms with E-state index < -0.39 is 0 Å². The number of aromatic nitrogens is 2. The van der Waals surface area contributed by atoms with E-state index in [0.717, 1.165) is 27.5 Å². The maximum Gasteiger partial charge on any atom is 0.224 e. The smallest absolute Gasteiger partial charge is 0.224 e. The van der Waals surface area contributed by atoms with E-state index in [0.29, 0.717) is 19.4 Å². The maximum atomic E-state index is 11.9. The van der Waals surface area contributed by atoms with Crippen LogP contribution in [0, 0.1) is 0 Å².